The van der Waals surface area contributed by atoms with Crippen molar-refractivity contribution in [1.82, 2.24) is 15.1 Å². The van der Waals surface area contributed by atoms with Crippen LogP contribution in [0.1, 0.15) is 31.4 Å². The van der Waals surface area contributed by atoms with Crippen molar-refractivity contribution in [2.24, 2.45) is 0 Å². The number of hydrogen-bond acceptors (Lipinski definition) is 6. The number of nitrogens with one attached hydrogen (secondary N) is 1. The van der Waals surface area contributed by atoms with Gasteiger partial charge in [0.2, 0.25) is 5.91 Å². The van der Waals surface area contributed by atoms with Crippen LogP contribution in [0.4, 0.5) is 5.69 Å². The molecule has 0 aliphatic carbocycles. The van der Waals surface area contributed by atoms with E-state index in [0.29, 0.717) is 13.2 Å². The molecular formula is C21H34N4O3. The van der Waals surface area contributed by atoms with Gasteiger partial charge in [-0.05, 0) is 31.7 Å². The van der Waals surface area contributed by atoms with Gasteiger partial charge in [0.25, 0.3) is 0 Å². The van der Waals surface area contributed by atoms with E-state index in [0.717, 1.165) is 31.9 Å². The van der Waals surface area contributed by atoms with E-state index in [1.807, 2.05) is 14.1 Å². The minimum Gasteiger partial charge on any atom is -0.466 e. The number of ether oxygens (including phenoxy) is 1. The fourth-order valence-corrected chi connectivity index (χ4v) is 3.33. The Hall–Kier alpha value is -2.12. The van der Waals surface area contributed by atoms with Crippen LogP contribution in [0.2, 0.25) is 0 Å². The lowest BCUT2D eigenvalue weighted by Crippen LogP contribution is -2.48. The van der Waals surface area contributed by atoms with Crippen LogP contribution < -0.4 is 10.2 Å². The topological polar surface area (TPSA) is 65.1 Å². The normalized spacial score (nSPS) is 16.4. The van der Waals surface area contributed by atoms with Crippen LogP contribution in [0.5, 0.6) is 0 Å². The Bertz CT molecular complexity index is 625. The van der Waals surface area contributed by atoms with Crippen molar-refractivity contribution in [3.63, 3.8) is 0 Å². The predicted octanol–water partition coefficient (Wildman–Crippen LogP) is 1.50. The van der Waals surface area contributed by atoms with Gasteiger partial charge in [0, 0.05) is 58.9 Å². The van der Waals surface area contributed by atoms with Crippen LogP contribution >= 0.6 is 0 Å². The molecule has 1 aromatic carbocycles. The van der Waals surface area contributed by atoms with Crippen LogP contribution in [-0.4, -0.2) is 82.1 Å². The van der Waals surface area contributed by atoms with Crippen molar-refractivity contribution >= 4 is 17.6 Å². The Morgan fingerprint density at radius 3 is 2.32 bits per heavy atom. The minimum atomic E-state index is -0.326. The molecule has 7 nitrogen and oxygen atoms in total. The zero-order chi connectivity index (χ0) is 20.5. The number of benzene rings is 1. The van der Waals surface area contributed by atoms with Gasteiger partial charge in [-0.3, -0.25) is 14.5 Å². The number of likely N-dealkylation sites (N-methyl/N-ethyl adjacent to an activating group) is 1. The third-order valence-corrected chi connectivity index (χ3v) is 5.13. The van der Waals surface area contributed by atoms with Crippen LogP contribution in [-0.2, 0) is 14.3 Å². The van der Waals surface area contributed by atoms with Crippen molar-refractivity contribution in [3.05, 3.63) is 29.8 Å². The zero-order valence-corrected chi connectivity index (χ0v) is 17.6. The Balaban J connectivity index is 2.00. The average molecular weight is 391 g/mol. The summed E-state index contributed by atoms with van der Waals surface area (Å²) in [5.74, 6) is -0.440. The Morgan fingerprint density at radius 1 is 1.11 bits per heavy atom. The summed E-state index contributed by atoms with van der Waals surface area (Å²) >= 11 is 0. The third kappa shape index (κ3) is 6.80. The number of rotatable bonds is 9. The summed E-state index contributed by atoms with van der Waals surface area (Å²) in [4.78, 5) is 30.5. The lowest BCUT2D eigenvalue weighted by Gasteiger charge is -2.38. The number of carbonyl (C=O) groups excluding carboxylic acids is 2. The molecule has 156 valence electrons. The highest BCUT2D eigenvalue weighted by atomic mass is 16.5. The van der Waals surface area contributed by atoms with Crippen molar-refractivity contribution in [3.8, 4) is 0 Å². The smallest absolute Gasteiger partial charge is 0.306 e. The van der Waals surface area contributed by atoms with Gasteiger partial charge in [0.1, 0.15) is 0 Å². The molecular weight excluding hydrogens is 356 g/mol. The number of anilines is 1. The van der Waals surface area contributed by atoms with Crippen molar-refractivity contribution in [2.45, 2.75) is 25.8 Å². The number of carbonyl (C=O) groups is 2. The summed E-state index contributed by atoms with van der Waals surface area (Å²) in [5, 5.41) is 3.01. The standard InChI is InChI=1S/C21H34N4O3/c1-5-28-21(27)11-10-20(26)22-16-19(25-14-12-24(4)13-15-25)17-6-8-18(9-7-17)23(2)3/h6-9,19H,5,10-16H2,1-4H3,(H,22,26). The van der Waals surface area contributed by atoms with Gasteiger partial charge in [0.15, 0.2) is 0 Å². The van der Waals surface area contributed by atoms with Crippen LogP contribution in [0.25, 0.3) is 0 Å². The highest BCUT2D eigenvalue weighted by molar-refractivity contribution is 5.81. The maximum atomic E-state index is 12.2. The largest absolute Gasteiger partial charge is 0.466 e. The molecule has 1 unspecified atom stereocenters. The molecule has 0 spiro atoms. The number of piperazine rings is 1. The van der Waals surface area contributed by atoms with Crippen molar-refractivity contribution in [2.75, 3.05) is 65.4 Å². The molecule has 1 aliphatic heterocycles. The van der Waals surface area contributed by atoms with E-state index < -0.39 is 0 Å². The number of nitrogens with zero attached hydrogens (tertiary/aromatic N) is 3. The highest BCUT2D eigenvalue weighted by Crippen LogP contribution is 2.24. The molecule has 28 heavy (non-hydrogen) atoms. The molecule has 1 N–H and O–H groups in total. The Labute approximate surface area is 168 Å². The third-order valence-electron chi connectivity index (χ3n) is 5.13. The summed E-state index contributed by atoms with van der Waals surface area (Å²) in [6.07, 6.45) is 0.282. The summed E-state index contributed by atoms with van der Waals surface area (Å²) in [6.45, 7) is 6.61. The molecule has 1 amide bonds. The molecule has 7 heteroatoms. The summed E-state index contributed by atoms with van der Waals surface area (Å²) < 4.78 is 4.89. The lowest BCUT2D eigenvalue weighted by molar-refractivity contribution is -0.144. The van der Waals surface area contributed by atoms with E-state index >= 15 is 0 Å². The first-order valence-corrected chi connectivity index (χ1v) is 10.0. The van der Waals surface area contributed by atoms with Gasteiger partial charge in [-0.1, -0.05) is 12.1 Å². The second-order valence-corrected chi connectivity index (χ2v) is 7.45. The SMILES string of the molecule is CCOC(=O)CCC(=O)NCC(c1ccc(N(C)C)cc1)N1CCN(C)CC1. The van der Waals surface area contributed by atoms with E-state index in [1.54, 1.807) is 6.92 Å². The van der Waals surface area contributed by atoms with Gasteiger partial charge in [-0.2, -0.15) is 0 Å². The Kier molecular flexibility index (Phi) is 8.73. The monoisotopic (exact) mass is 390 g/mol. The molecule has 2 rings (SSSR count). The first kappa shape index (κ1) is 22.2. The van der Waals surface area contributed by atoms with E-state index in [-0.39, 0.29) is 30.8 Å². The highest BCUT2D eigenvalue weighted by Gasteiger charge is 2.24. The van der Waals surface area contributed by atoms with E-state index in [4.69, 9.17) is 4.74 Å². The summed E-state index contributed by atoms with van der Waals surface area (Å²) in [7, 11) is 6.18. The first-order valence-electron chi connectivity index (χ1n) is 10.0. The first-order chi connectivity index (χ1) is 13.4. The van der Waals surface area contributed by atoms with Crippen molar-refractivity contribution in [1.29, 1.82) is 0 Å². The zero-order valence-electron chi connectivity index (χ0n) is 17.6. The van der Waals surface area contributed by atoms with E-state index in [1.165, 1.54) is 5.56 Å². The molecule has 1 aliphatic rings. The fourth-order valence-electron chi connectivity index (χ4n) is 3.33. The van der Waals surface area contributed by atoms with Crippen LogP contribution in [0, 0.1) is 0 Å². The maximum absolute atomic E-state index is 12.2. The van der Waals surface area contributed by atoms with Crippen LogP contribution in [0.3, 0.4) is 0 Å². The molecule has 0 radical (unpaired) electrons. The Morgan fingerprint density at radius 2 is 1.75 bits per heavy atom. The molecule has 0 bridgehead atoms. The lowest BCUT2D eigenvalue weighted by atomic mass is 10.0. The number of amides is 1. The van der Waals surface area contributed by atoms with Gasteiger partial charge >= 0.3 is 5.97 Å². The van der Waals surface area contributed by atoms with E-state index in [2.05, 4.69) is 51.3 Å². The van der Waals surface area contributed by atoms with Crippen LogP contribution in [0.15, 0.2) is 24.3 Å². The molecule has 1 atom stereocenters. The van der Waals surface area contributed by atoms with Crippen molar-refractivity contribution < 1.29 is 14.3 Å². The average Bonchev–Trinajstić information content (AvgIpc) is 2.68. The molecule has 1 fully saturated rings. The second-order valence-electron chi connectivity index (χ2n) is 7.45. The molecule has 0 saturated carbocycles. The van der Waals surface area contributed by atoms with Gasteiger partial charge in [-0.25, -0.2) is 0 Å². The van der Waals surface area contributed by atoms with Gasteiger partial charge in [-0.15, -0.1) is 0 Å². The molecule has 1 aromatic rings. The van der Waals surface area contributed by atoms with E-state index in [9.17, 15) is 9.59 Å². The number of hydrogen-bond donors (Lipinski definition) is 1. The fraction of sp³-hybridized carbons (Fsp3) is 0.619. The quantitative estimate of drug-likeness (QED) is 0.645. The second kappa shape index (κ2) is 11.0. The molecule has 1 heterocycles. The summed E-state index contributed by atoms with van der Waals surface area (Å²) in [5.41, 5.74) is 2.35. The predicted molar refractivity (Wildman–Crippen MR) is 111 cm³/mol. The van der Waals surface area contributed by atoms with Gasteiger partial charge < -0.3 is 19.9 Å². The minimum absolute atomic E-state index is 0.114. The van der Waals surface area contributed by atoms with Gasteiger partial charge in [0.05, 0.1) is 19.1 Å². The molecule has 0 aromatic heterocycles. The summed E-state index contributed by atoms with van der Waals surface area (Å²) in [6, 6.07) is 8.63. The maximum Gasteiger partial charge on any atom is 0.306 e. The number of esters is 1. The molecule has 1 saturated heterocycles.